The number of anilines is 1. The minimum absolute atomic E-state index is 0.0580. The van der Waals surface area contributed by atoms with Crippen molar-refractivity contribution >= 4 is 23.5 Å². The van der Waals surface area contributed by atoms with E-state index >= 15 is 0 Å². The molecule has 1 unspecified atom stereocenters. The maximum Gasteiger partial charge on any atom is 0.335 e. The van der Waals surface area contributed by atoms with E-state index in [0.717, 1.165) is 4.90 Å². The fourth-order valence-corrected chi connectivity index (χ4v) is 1.83. The Morgan fingerprint density at radius 2 is 2.12 bits per heavy atom. The van der Waals surface area contributed by atoms with Gasteiger partial charge in [0.1, 0.15) is 0 Å². The number of hydrogen-bond donors (Lipinski definition) is 1. The standard InChI is InChI=1S/C12H11NO4/c1-7-5-10(14)13(11(7)15)9-4-2-3-8(6-9)12(16)17/h2-4,6-7H,5H2,1H3,(H,16,17). The molecule has 1 aromatic carbocycles. The molecule has 0 saturated carbocycles. The van der Waals surface area contributed by atoms with Gasteiger partial charge in [-0.05, 0) is 18.2 Å². The predicted octanol–water partition coefficient (Wildman–Crippen LogP) is 1.28. The van der Waals surface area contributed by atoms with Crippen molar-refractivity contribution in [2.45, 2.75) is 13.3 Å². The fourth-order valence-electron chi connectivity index (χ4n) is 1.83. The molecular weight excluding hydrogens is 222 g/mol. The number of hydrogen-bond acceptors (Lipinski definition) is 3. The van der Waals surface area contributed by atoms with Crippen molar-refractivity contribution < 1.29 is 19.5 Å². The molecule has 0 aromatic heterocycles. The molecule has 17 heavy (non-hydrogen) atoms. The Balaban J connectivity index is 2.40. The van der Waals surface area contributed by atoms with E-state index in [1.165, 1.54) is 18.2 Å². The van der Waals surface area contributed by atoms with Gasteiger partial charge in [-0.2, -0.15) is 0 Å². The molecule has 0 radical (unpaired) electrons. The molecule has 1 heterocycles. The van der Waals surface area contributed by atoms with Crippen LogP contribution in [-0.4, -0.2) is 22.9 Å². The van der Waals surface area contributed by atoms with Crippen LogP contribution >= 0.6 is 0 Å². The van der Waals surface area contributed by atoms with Crippen molar-refractivity contribution in [1.82, 2.24) is 0 Å². The van der Waals surface area contributed by atoms with Crippen molar-refractivity contribution in [3.8, 4) is 0 Å². The number of carbonyl (C=O) groups is 3. The zero-order chi connectivity index (χ0) is 12.6. The third-order valence-corrected chi connectivity index (χ3v) is 2.72. The van der Waals surface area contributed by atoms with Crippen molar-refractivity contribution in [1.29, 1.82) is 0 Å². The van der Waals surface area contributed by atoms with E-state index in [4.69, 9.17) is 5.11 Å². The second kappa shape index (κ2) is 4.01. The van der Waals surface area contributed by atoms with Gasteiger partial charge in [-0.3, -0.25) is 14.5 Å². The van der Waals surface area contributed by atoms with E-state index in [2.05, 4.69) is 0 Å². The Hall–Kier alpha value is -2.17. The summed E-state index contributed by atoms with van der Waals surface area (Å²) >= 11 is 0. The van der Waals surface area contributed by atoms with Gasteiger partial charge in [0, 0.05) is 12.3 Å². The Morgan fingerprint density at radius 3 is 2.65 bits per heavy atom. The number of imide groups is 1. The van der Waals surface area contributed by atoms with Crippen LogP contribution in [-0.2, 0) is 9.59 Å². The van der Waals surface area contributed by atoms with Crippen LogP contribution in [0.2, 0.25) is 0 Å². The predicted molar refractivity (Wildman–Crippen MR) is 59.7 cm³/mol. The van der Waals surface area contributed by atoms with Gasteiger partial charge in [0.05, 0.1) is 11.3 Å². The molecule has 1 fully saturated rings. The molecule has 5 nitrogen and oxygen atoms in total. The molecule has 5 heteroatoms. The molecule has 1 aliphatic heterocycles. The minimum Gasteiger partial charge on any atom is -0.478 e. The Kier molecular flexibility index (Phi) is 2.67. The van der Waals surface area contributed by atoms with Crippen molar-refractivity contribution in [2.75, 3.05) is 4.90 Å². The van der Waals surface area contributed by atoms with E-state index in [1.54, 1.807) is 13.0 Å². The fraction of sp³-hybridized carbons (Fsp3) is 0.250. The zero-order valence-corrected chi connectivity index (χ0v) is 9.21. The quantitative estimate of drug-likeness (QED) is 0.781. The number of carbonyl (C=O) groups excluding carboxylic acids is 2. The van der Waals surface area contributed by atoms with Crippen LogP contribution in [0.4, 0.5) is 5.69 Å². The van der Waals surface area contributed by atoms with Gasteiger partial charge in [-0.15, -0.1) is 0 Å². The monoisotopic (exact) mass is 233 g/mol. The first kappa shape index (κ1) is 11.3. The normalized spacial score (nSPS) is 19.8. The summed E-state index contributed by atoms with van der Waals surface area (Å²) in [5.41, 5.74) is 0.381. The number of rotatable bonds is 2. The van der Waals surface area contributed by atoms with Crippen molar-refractivity contribution in [3.63, 3.8) is 0 Å². The number of amides is 2. The van der Waals surface area contributed by atoms with Gasteiger partial charge in [-0.25, -0.2) is 4.79 Å². The second-order valence-corrected chi connectivity index (χ2v) is 4.03. The molecule has 1 N–H and O–H groups in total. The first-order valence-corrected chi connectivity index (χ1v) is 5.21. The van der Waals surface area contributed by atoms with E-state index in [9.17, 15) is 14.4 Å². The number of benzene rings is 1. The molecule has 2 rings (SSSR count). The molecule has 0 spiro atoms. The highest BCUT2D eigenvalue weighted by molar-refractivity contribution is 6.21. The smallest absolute Gasteiger partial charge is 0.335 e. The third-order valence-electron chi connectivity index (χ3n) is 2.72. The number of nitrogens with zero attached hydrogens (tertiary/aromatic N) is 1. The summed E-state index contributed by atoms with van der Waals surface area (Å²) in [6, 6.07) is 5.82. The summed E-state index contributed by atoms with van der Waals surface area (Å²) in [6.07, 6.45) is 0.177. The summed E-state index contributed by atoms with van der Waals surface area (Å²) in [5, 5.41) is 8.85. The lowest BCUT2D eigenvalue weighted by Gasteiger charge is -2.14. The molecule has 1 atom stereocenters. The van der Waals surface area contributed by atoms with E-state index in [-0.39, 0.29) is 29.7 Å². The lowest BCUT2D eigenvalue weighted by molar-refractivity contribution is -0.122. The third kappa shape index (κ3) is 1.91. The molecule has 1 aromatic rings. The highest BCUT2D eigenvalue weighted by Gasteiger charge is 2.36. The molecule has 1 saturated heterocycles. The Labute approximate surface area is 97.7 Å². The van der Waals surface area contributed by atoms with E-state index < -0.39 is 5.97 Å². The van der Waals surface area contributed by atoms with Gasteiger partial charge >= 0.3 is 5.97 Å². The topological polar surface area (TPSA) is 74.7 Å². The van der Waals surface area contributed by atoms with E-state index in [1.807, 2.05) is 0 Å². The molecule has 88 valence electrons. The van der Waals surface area contributed by atoms with Crippen LogP contribution in [0, 0.1) is 5.92 Å². The van der Waals surface area contributed by atoms with Crippen LogP contribution in [0.3, 0.4) is 0 Å². The summed E-state index contributed by atoms with van der Waals surface area (Å²) in [7, 11) is 0. The van der Waals surface area contributed by atoms with Gasteiger partial charge in [0.15, 0.2) is 0 Å². The number of aromatic carboxylic acids is 1. The van der Waals surface area contributed by atoms with Crippen molar-refractivity contribution in [3.05, 3.63) is 29.8 Å². The zero-order valence-electron chi connectivity index (χ0n) is 9.21. The largest absolute Gasteiger partial charge is 0.478 e. The highest BCUT2D eigenvalue weighted by atomic mass is 16.4. The van der Waals surface area contributed by atoms with Gasteiger partial charge in [0.2, 0.25) is 11.8 Å². The van der Waals surface area contributed by atoms with Gasteiger partial charge in [0.25, 0.3) is 0 Å². The van der Waals surface area contributed by atoms with Crippen LogP contribution in [0.15, 0.2) is 24.3 Å². The second-order valence-electron chi connectivity index (χ2n) is 4.03. The maximum absolute atomic E-state index is 11.8. The summed E-state index contributed by atoms with van der Waals surface area (Å²) < 4.78 is 0. The van der Waals surface area contributed by atoms with Crippen LogP contribution < -0.4 is 4.90 Å². The lowest BCUT2D eigenvalue weighted by atomic mass is 10.1. The average Bonchev–Trinajstić information content (AvgIpc) is 2.53. The van der Waals surface area contributed by atoms with Crippen molar-refractivity contribution in [2.24, 2.45) is 5.92 Å². The molecular formula is C12H11NO4. The maximum atomic E-state index is 11.8. The highest BCUT2D eigenvalue weighted by Crippen LogP contribution is 2.26. The first-order valence-electron chi connectivity index (χ1n) is 5.21. The minimum atomic E-state index is -1.08. The molecule has 0 bridgehead atoms. The molecule has 2 amide bonds. The Bertz CT molecular complexity index is 509. The number of carboxylic acids is 1. The molecule has 0 aliphatic carbocycles. The Morgan fingerprint density at radius 1 is 1.41 bits per heavy atom. The summed E-state index contributed by atoms with van der Waals surface area (Å²) in [6.45, 7) is 1.68. The van der Waals surface area contributed by atoms with Crippen LogP contribution in [0.1, 0.15) is 23.7 Å². The van der Waals surface area contributed by atoms with E-state index in [0.29, 0.717) is 5.69 Å². The first-order chi connectivity index (χ1) is 8.00. The SMILES string of the molecule is CC1CC(=O)N(c2cccc(C(=O)O)c2)C1=O. The van der Waals surface area contributed by atoms with Gasteiger partial charge in [-0.1, -0.05) is 13.0 Å². The van der Waals surface area contributed by atoms with Crippen LogP contribution in [0.5, 0.6) is 0 Å². The lowest BCUT2D eigenvalue weighted by Crippen LogP contribution is -2.30. The van der Waals surface area contributed by atoms with Crippen LogP contribution in [0.25, 0.3) is 0 Å². The molecule has 1 aliphatic rings. The average molecular weight is 233 g/mol. The van der Waals surface area contributed by atoms with Gasteiger partial charge < -0.3 is 5.11 Å². The number of carboxylic acid groups (broad SMARTS) is 1. The summed E-state index contributed by atoms with van der Waals surface area (Å²) in [4.78, 5) is 35.2. The summed E-state index contributed by atoms with van der Waals surface area (Å²) in [5.74, 6) is -1.99.